The molecule has 8 heteroatoms. The second-order valence-electron chi connectivity index (χ2n) is 4.75. The second kappa shape index (κ2) is 5.45. The molecule has 2 rings (SSSR count). The Morgan fingerprint density at radius 2 is 2.10 bits per heavy atom. The molecule has 20 heavy (non-hydrogen) atoms. The van der Waals surface area contributed by atoms with Crippen molar-refractivity contribution >= 4 is 15.9 Å². The van der Waals surface area contributed by atoms with Crippen molar-refractivity contribution in [2.45, 2.75) is 12.3 Å². The fourth-order valence-electron chi connectivity index (χ4n) is 2.08. The Balaban J connectivity index is 1.91. The van der Waals surface area contributed by atoms with Crippen LogP contribution in [0.5, 0.6) is 0 Å². The predicted octanol–water partition coefficient (Wildman–Crippen LogP) is 0.473. The molecule has 1 aliphatic carbocycles. The number of rotatable bonds is 5. The fraction of sp³-hybridized carbons (Fsp3) is 0.417. The van der Waals surface area contributed by atoms with E-state index < -0.39 is 27.6 Å². The van der Waals surface area contributed by atoms with Gasteiger partial charge in [-0.2, -0.15) is 0 Å². The van der Waals surface area contributed by atoms with E-state index in [1.807, 2.05) is 0 Å². The summed E-state index contributed by atoms with van der Waals surface area (Å²) in [6, 6.07) is 3.85. The molecule has 0 heterocycles. The number of hydrogen-bond donors (Lipinski definition) is 2. The molecule has 2 atom stereocenters. The predicted molar refractivity (Wildman–Crippen MR) is 68.2 cm³/mol. The highest BCUT2D eigenvalue weighted by molar-refractivity contribution is 7.89. The van der Waals surface area contributed by atoms with Gasteiger partial charge in [-0.05, 0) is 24.0 Å². The van der Waals surface area contributed by atoms with Gasteiger partial charge in [-0.1, -0.05) is 12.1 Å². The van der Waals surface area contributed by atoms with Gasteiger partial charge in [0.15, 0.2) is 11.6 Å². The van der Waals surface area contributed by atoms with Gasteiger partial charge < -0.3 is 5.32 Å². The SMILES string of the molecule is NS(=O)(=O)CCNC(=O)[C@@H]1C[C@H]1c1cccc(F)c1F. The first-order valence-electron chi connectivity index (χ1n) is 6.01. The zero-order valence-corrected chi connectivity index (χ0v) is 11.3. The third-order valence-corrected chi connectivity index (χ3v) is 3.97. The molecule has 0 aromatic heterocycles. The van der Waals surface area contributed by atoms with Crippen molar-refractivity contribution in [3.8, 4) is 0 Å². The Kier molecular flexibility index (Phi) is 4.05. The van der Waals surface area contributed by atoms with Crippen molar-refractivity contribution in [3.05, 3.63) is 35.4 Å². The standard InChI is InChI=1S/C12H14F2N2O3S/c13-10-3-1-2-7(11(10)14)8-6-9(8)12(17)16-4-5-20(15,18)19/h1-3,8-9H,4-6H2,(H,16,17)(H2,15,18,19)/t8-,9+/m0/s1. The van der Waals surface area contributed by atoms with Crippen LogP contribution in [0, 0.1) is 17.6 Å². The molecule has 0 spiro atoms. The Hall–Kier alpha value is -1.54. The summed E-state index contributed by atoms with van der Waals surface area (Å²) in [5.41, 5.74) is 0.177. The molecule has 1 amide bonds. The molecule has 110 valence electrons. The molecule has 0 aliphatic heterocycles. The Bertz CT molecular complexity index is 634. The molecule has 0 bridgehead atoms. The Morgan fingerprint density at radius 1 is 1.40 bits per heavy atom. The van der Waals surface area contributed by atoms with Gasteiger partial charge in [0.1, 0.15) is 0 Å². The molecule has 5 nitrogen and oxygen atoms in total. The molecule has 0 unspecified atom stereocenters. The molecule has 1 aromatic rings. The molecule has 0 saturated heterocycles. The zero-order valence-electron chi connectivity index (χ0n) is 10.5. The first-order valence-corrected chi connectivity index (χ1v) is 7.73. The van der Waals surface area contributed by atoms with Crippen LogP contribution < -0.4 is 10.5 Å². The van der Waals surface area contributed by atoms with Crippen molar-refractivity contribution in [1.29, 1.82) is 0 Å². The number of nitrogens with two attached hydrogens (primary N) is 1. The molecule has 1 fully saturated rings. The van der Waals surface area contributed by atoms with Gasteiger partial charge in [-0.15, -0.1) is 0 Å². The molecular formula is C12H14F2N2O3S. The lowest BCUT2D eigenvalue weighted by atomic mass is 10.1. The number of halogens is 2. The quantitative estimate of drug-likeness (QED) is 0.829. The van der Waals surface area contributed by atoms with Crippen molar-refractivity contribution in [2.75, 3.05) is 12.3 Å². The van der Waals surface area contributed by atoms with E-state index in [1.54, 1.807) is 0 Å². The lowest BCUT2D eigenvalue weighted by molar-refractivity contribution is -0.122. The Labute approximate surface area is 115 Å². The highest BCUT2D eigenvalue weighted by Gasteiger charge is 2.45. The molecule has 1 saturated carbocycles. The van der Waals surface area contributed by atoms with Crippen LogP contribution in [0.2, 0.25) is 0 Å². The second-order valence-corrected chi connectivity index (χ2v) is 6.48. The number of amides is 1. The van der Waals surface area contributed by atoms with Gasteiger partial charge in [0, 0.05) is 12.5 Å². The maximum absolute atomic E-state index is 13.5. The van der Waals surface area contributed by atoms with Crippen LogP contribution in [0.1, 0.15) is 17.9 Å². The topological polar surface area (TPSA) is 89.3 Å². The fourth-order valence-corrected chi connectivity index (χ4v) is 2.47. The zero-order chi connectivity index (χ0) is 14.9. The number of primary sulfonamides is 1. The lowest BCUT2D eigenvalue weighted by Gasteiger charge is -2.05. The summed E-state index contributed by atoms with van der Waals surface area (Å²) < 4.78 is 48.0. The van der Waals surface area contributed by atoms with Crippen LogP contribution in [0.4, 0.5) is 8.78 Å². The highest BCUT2D eigenvalue weighted by Crippen LogP contribution is 2.48. The minimum absolute atomic E-state index is 0.0908. The molecular weight excluding hydrogens is 290 g/mol. The molecule has 1 aliphatic rings. The van der Waals surface area contributed by atoms with E-state index in [2.05, 4.69) is 5.32 Å². The van der Waals surface area contributed by atoms with E-state index in [9.17, 15) is 22.0 Å². The van der Waals surface area contributed by atoms with Crippen LogP contribution in [0.25, 0.3) is 0 Å². The van der Waals surface area contributed by atoms with Crippen LogP contribution in [0.15, 0.2) is 18.2 Å². The van der Waals surface area contributed by atoms with Crippen LogP contribution in [0.3, 0.4) is 0 Å². The first-order chi connectivity index (χ1) is 9.29. The lowest BCUT2D eigenvalue weighted by Crippen LogP contribution is -2.32. The van der Waals surface area contributed by atoms with Crippen LogP contribution >= 0.6 is 0 Å². The minimum Gasteiger partial charge on any atom is -0.355 e. The number of carbonyl (C=O) groups excluding carboxylic acids is 1. The molecule has 1 aromatic carbocycles. The highest BCUT2D eigenvalue weighted by atomic mass is 32.2. The van der Waals surface area contributed by atoms with Gasteiger partial charge in [-0.25, -0.2) is 22.3 Å². The van der Waals surface area contributed by atoms with Gasteiger partial charge in [0.05, 0.1) is 5.75 Å². The molecule has 3 N–H and O–H groups in total. The third-order valence-electron chi connectivity index (χ3n) is 3.19. The van der Waals surface area contributed by atoms with Gasteiger partial charge in [0.2, 0.25) is 15.9 Å². The number of benzene rings is 1. The normalized spacial score (nSPS) is 21.6. The monoisotopic (exact) mass is 304 g/mol. The molecule has 0 radical (unpaired) electrons. The van der Waals surface area contributed by atoms with Gasteiger partial charge >= 0.3 is 0 Å². The van der Waals surface area contributed by atoms with Crippen molar-refractivity contribution in [3.63, 3.8) is 0 Å². The van der Waals surface area contributed by atoms with Crippen LogP contribution in [-0.4, -0.2) is 26.6 Å². The minimum atomic E-state index is -3.63. The maximum Gasteiger partial charge on any atom is 0.223 e. The third kappa shape index (κ3) is 3.51. The smallest absolute Gasteiger partial charge is 0.223 e. The van der Waals surface area contributed by atoms with E-state index in [4.69, 9.17) is 5.14 Å². The van der Waals surface area contributed by atoms with Crippen molar-refractivity contribution in [1.82, 2.24) is 5.32 Å². The largest absolute Gasteiger partial charge is 0.355 e. The van der Waals surface area contributed by atoms with E-state index in [0.29, 0.717) is 6.42 Å². The number of carbonyl (C=O) groups is 1. The summed E-state index contributed by atoms with van der Waals surface area (Å²) in [6.07, 6.45) is 0.418. The Morgan fingerprint density at radius 3 is 2.75 bits per heavy atom. The van der Waals surface area contributed by atoms with E-state index in [0.717, 1.165) is 6.07 Å². The van der Waals surface area contributed by atoms with Gasteiger partial charge in [0.25, 0.3) is 0 Å². The summed E-state index contributed by atoms with van der Waals surface area (Å²) in [6.45, 7) is -0.0908. The van der Waals surface area contributed by atoms with Crippen LogP contribution in [-0.2, 0) is 14.8 Å². The maximum atomic E-state index is 13.5. The van der Waals surface area contributed by atoms with Crippen molar-refractivity contribution < 1.29 is 22.0 Å². The van der Waals surface area contributed by atoms with E-state index >= 15 is 0 Å². The summed E-state index contributed by atoms with van der Waals surface area (Å²) in [4.78, 5) is 11.7. The summed E-state index contributed by atoms with van der Waals surface area (Å²) >= 11 is 0. The summed E-state index contributed by atoms with van der Waals surface area (Å²) in [5.74, 6) is -3.42. The first kappa shape index (κ1) is 14.9. The number of nitrogens with one attached hydrogen (secondary N) is 1. The van der Waals surface area contributed by atoms with Gasteiger partial charge in [-0.3, -0.25) is 4.79 Å². The average molecular weight is 304 g/mol. The van der Waals surface area contributed by atoms with E-state index in [1.165, 1.54) is 12.1 Å². The number of sulfonamides is 1. The van der Waals surface area contributed by atoms with E-state index in [-0.39, 0.29) is 29.7 Å². The number of hydrogen-bond acceptors (Lipinski definition) is 3. The summed E-state index contributed by atoms with van der Waals surface area (Å²) in [7, 11) is -3.63. The summed E-state index contributed by atoms with van der Waals surface area (Å²) in [5, 5.41) is 7.22. The van der Waals surface area contributed by atoms with Crippen molar-refractivity contribution in [2.24, 2.45) is 11.1 Å². The average Bonchev–Trinajstić information content (AvgIpc) is 3.11.